The summed E-state index contributed by atoms with van der Waals surface area (Å²) in [5.41, 5.74) is 1.02. The van der Waals surface area contributed by atoms with Gasteiger partial charge in [0.2, 0.25) is 5.91 Å². The van der Waals surface area contributed by atoms with E-state index in [1.165, 1.54) is 0 Å². The maximum Gasteiger partial charge on any atom is 0.317 e. The Morgan fingerprint density at radius 1 is 1.39 bits per heavy atom. The predicted molar refractivity (Wildman–Crippen MR) is 87.7 cm³/mol. The highest BCUT2D eigenvalue weighted by Gasteiger charge is 2.28. The van der Waals surface area contributed by atoms with E-state index in [0.717, 1.165) is 5.56 Å². The lowest BCUT2D eigenvalue weighted by Gasteiger charge is -2.23. The molecule has 1 aliphatic rings. The molecular formula is C17H25N3O3. The summed E-state index contributed by atoms with van der Waals surface area (Å²) < 4.78 is 0. The average molecular weight is 319 g/mol. The maximum absolute atomic E-state index is 12.3. The Bertz CT molecular complexity index is 521. The quantitative estimate of drug-likeness (QED) is 0.789. The van der Waals surface area contributed by atoms with E-state index in [1.807, 2.05) is 42.2 Å². The van der Waals surface area contributed by atoms with Crippen molar-refractivity contribution >= 4 is 11.9 Å². The molecule has 2 N–H and O–H groups in total. The fourth-order valence-electron chi connectivity index (χ4n) is 2.82. The summed E-state index contributed by atoms with van der Waals surface area (Å²) in [7, 11) is 0. The number of amides is 3. The van der Waals surface area contributed by atoms with Crippen LogP contribution >= 0.6 is 0 Å². The van der Waals surface area contributed by atoms with Gasteiger partial charge in [0.25, 0.3) is 0 Å². The Labute approximate surface area is 137 Å². The molecule has 1 saturated heterocycles. The SMILES string of the molecule is CCN1C[C@@H](CNC(=O)N(CCO)Cc2ccccc2)CC1=O. The van der Waals surface area contributed by atoms with Crippen LogP contribution in [0.25, 0.3) is 0 Å². The van der Waals surface area contributed by atoms with Gasteiger partial charge in [-0.15, -0.1) is 0 Å². The van der Waals surface area contributed by atoms with E-state index in [2.05, 4.69) is 5.32 Å². The van der Waals surface area contributed by atoms with Crippen LogP contribution in [0, 0.1) is 5.92 Å². The van der Waals surface area contributed by atoms with Gasteiger partial charge in [0.05, 0.1) is 6.61 Å². The molecule has 1 atom stereocenters. The lowest BCUT2D eigenvalue weighted by atomic mass is 10.1. The third kappa shape index (κ3) is 4.96. The van der Waals surface area contributed by atoms with Crippen molar-refractivity contribution in [1.82, 2.24) is 15.1 Å². The largest absolute Gasteiger partial charge is 0.395 e. The third-order valence-electron chi connectivity index (χ3n) is 4.09. The fraction of sp³-hybridized carbons (Fsp3) is 0.529. The first kappa shape index (κ1) is 17.3. The highest BCUT2D eigenvalue weighted by Crippen LogP contribution is 2.16. The van der Waals surface area contributed by atoms with E-state index in [4.69, 9.17) is 0 Å². The summed E-state index contributed by atoms with van der Waals surface area (Å²) in [6.45, 7) is 4.52. The number of aliphatic hydroxyl groups is 1. The molecule has 1 aromatic carbocycles. The van der Waals surface area contributed by atoms with Crippen molar-refractivity contribution < 1.29 is 14.7 Å². The summed E-state index contributed by atoms with van der Waals surface area (Å²) >= 11 is 0. The number of likely N-dealkylation sites (tertiary alicyclic amines) is 1. The van der Waals surface area contributed by atoms with Gasteiger partial charge in [0.1, 0.15) is 0 Å². The van der Waals surface area contributed by atoms with Crippen molar-refractivity contribution in [3.8, 4) is 0 Å². The molecule has 6 nitrogen and oxygen atoms in total. The van der Waals surface area contributed by atoms with Crippen molar-refractivity contribution in [1.29, 1.82) is 0 Å². The van der Waals surface area contributed by atoms with Crippen LogP contribution in [-0.4, -0.2) is 59.6 Å². The van der Waals surface area contributed by atoms with E-state index in [-0.39, 0.29) is 31.0 Å². The summed E-state index contributed by atoms with van der Waals surface area (Å²) in [6.07, 6.45) is 0.493. The van der Waals surface area contributed by atoms with E-state index in [0.29, 0.717) is 32.6 Å². The molecule has 0 bridgehead atoms. The molecular weight excluding hydrogens is 294 g/mol. The van der Waals surface area contributed by atoms with Gasteiger partial charge in [-0.25, -0.2) is 4.79 Å². The molecule has 2 rings (SSSR count). The number of urea groups is 1. The molecule has 3 amide bonds. The molecule has 0 aromatic heterocycles. The van der Waals surface area contributed by atoms with Gasteiger partial charge in [-0.2, -0.15) is 0 Å². The van der Waals surface area contributed by atoms with Crippen LogP contribution in [0.3, 0.4) is 0 Å². The number of carbonyl (C=O) groups excluding carboxylic acids is 2. The van der Waals surface area contributed by atoms with E-state index >= 15 is 0 Å². The van der Waals surface area contributed by atoms with Gasteiger partial charge in [0, 0.05) is 45.1 Å². The van der Waals surface area contributed by atoms with E-state index < -0.39 is 0 Å². The molecule has 1 fully saturated rings. The zero-order valence-electron chi connectivity index (χ0n) is 13.6. The van der Waals surface area contributed by atoms with Gasteiger partial charge < -0.3 is 20.2 Å². The van der Waals surface area contributed by atoms with Gasteiger partial charge in [-0.05, 0) is 12.5 Å². The van der Waals surface area contributed by atoms with E-state index in [9.17, 15) is 14.7 Å². The van der Waals surface area contributed by atoms with Crippen LogP contribution < -0.4 is 5.32 Å². The van der Waals surface area contributed by atoms with Crippen LogP contribution in [0.2, 0.25) is 0 Å². The molecule has 1 aliphatic heterocycles. The molecule has 1 heterocycles. The number of benzene rings is 1. The third-order valence-corrected chi connectivity index (χ3v) is 4.09. The molecule has 6 heteroatoms. The number of hydrogen-bond acceptors (Lipinski definition) is 3. The standard InChI is InChI=1S/C17H25N3O3/c1-2-19-13-15(10-16(19)22)11-18-17(23)20(8-9-21)12-14-6-4-3-5-7-14/h3-7,15,21H,2,8-13H2,1H3,(H,18,23)/t15-/m1/s1. The minimum absolute atomic E-state index is 0.0776. The molecule has 0 aliphatic carbocycles. The van der Waals surface area contributed by atoms with Crippen molar-refractivity contribution in [2.45, 2.75) is 19.9 Å². The van der Waals surface area contributed by atoms with Crippen LogP contribution in [-0.2, 0) is 11.3 Å². The fourth-order valence-corrected chi connectivity index (χ4v) is 2.82. The zero-order valence-corrected chi connectivity index (χ0v) is 13.6. The first-order valence-electron chi connectivity index (χ1n) is 8.09. The Hall–Kier alpha value is -2.08. The molecule has 0 spiro atoms. The van der Waals surface area contributed by atoms with Crippen LogP contribution in [0.4, 0.5) is 4.79 Å². The second-order valence-corrected chi connectivity index (χ2v) is 5.82. The summed E-state index contributed by atoms with van der Waals surface area (Å²) in [5.74, 6) is 0.322. The molecule has 0 saturated carbocycles. The summed E-state index contributed by atoms with van der Waals surface area (Å²) in [5, 5.41) is 12.1. The number of carbonyl (C=O) groups is 2. The second kappa shape index (κ2) is 8.53. The normalized spacial score (nSPS) is 17.4. The van der Waals surface area contributed by atoms with Crippen molar-refractivity contribution in [3.05, 3.63) is 35.9 Å². The van der Waals surface area contributed by atoms with Crippen LogP contribution in [0.1, 0.15) is 18.9 Å². The van der Waals surface area contributed by atoms with Crippen LogP contribution in [0.15, 0.2) is 30.3 Å². The van der Waals surface area contributed by atoms with Crippen LogP contribution in [0.5, 0.6) is 0 Å². The van der Waals surface area contributed by atoms with Gasteiger partial charge in [-0.3, -0.25) is 4.79 Å². The monoisotopic (exact) mass is 319 g/mol. The minimum atomic E-state index is -0.203. The highest BCUT2D eigenvalue weighted by molar-refractivity contribution is 5.79. The second-order valence-electron chi connectivity index (χ2n) is 5.82. The predicted octanol–water partition coefficient (Wildman–Crippen LogP) is 1.06. The number of hydrogen-bond donors (Lipinski definition) is 2. The maximum atomic E-state index is 12.3. The number of nitrogens with zero attached hydrogens (tertiary/aromatic N) is 2. The molecule has 23 heavy (non-hydrogen) atoms. The lowest BCUT2D eigenvalue weighted by molar-refractivity contribution is -0.127. The van der Waals surface area contributed by atoms with Gasteiger partial charge in [0.15, 0.2) is 0 Å². The minimum Gasteiger partial charge on any atom is -0.395 e. The molecule has 0 radical (unpaired) electrons. The first-order valence-corrected chi connectivity index (χ1v) is 8.09. The molecule has 0 unspecified atom stereocenters. The average Bonchev–Trinajstić information content (AvgIpc) is 2.93. The van der Waals surface area contributed by atoms with Gasteiger partial charge >= 0.3 is 6.03 Å². The van der Waals surface area contributed by atoms with Crippen molar-refractivity contribution in [3.63, 3.8) is 0 Å². The zero-order chi connectivity index (χ0) is 16.7. The number of nitrogens with one attached hydrogen (secondary N) is 1. The molecule has 1 aromatic rings. The van der Waals surface area contributed by atoms with E-state index in [1.54, 1.807) is 4.90 Å². The Balaban J connectivity index is 1.85. The first-order chi connectivity index (χ1) is 11.1. The summed E-state index contributed by atoms with van der Waals surface area (Å²) in [4.78, 5) is 27.4. The highest BCUT2D eigenvalue weighted by atomic mass is 16.3. The lowest BCUT2D eigenvalue weighted by Crippen LogP contribution is -2.43. The Morgan fingerprint density at radius 2 is 2.13 bits per heavy atom. The summed E-state index contributed by atoms with van der Waals surface area (Å²) in [6, 6.07) is 9.47. The smallest absolute Gasteiger partial charge is 0.317 e. The van der Waals surface area contributed by atoms with Crippen molar-refractivity contribution in [2.24, 2.45) is 5.92 Å². The number of rotatable bonds is 7. The number of aliphatic hydroxyl groups excluding tert-OH is 1. The van der Waals surface area contributed by atoms with Crippen molar-refractivity contribution in [2.75, 3.05) is 32.8 Å². The Kier molecular flexibility index (Phi) is 6.40. The topological polar surface area (TPSA) is 72.9 Å². The van der Waals surface area contributed by atoms with Gasteiger partial charge in [-0.1, -0.05) is 30.3 Å². The Morgan fingerprint density at radius 3 is 2.74 bits per heavy atom. The molecule has 126 valence electrons.